The number of hydrogen-bond acceptors (Lipinski definition) is 1. The molecule has 1 amide bonds. The average molecular weight is 479 g/mol. The molecule has 0 aliphatic heterocycles. The number of aromatic nitrogens is 1. The maximum Gasteiger partial charge on any atom is 0.416 e. The summed E-state index contributed by atoms with van der Waals surface area (Å²) < 4.78 is 42.4. The SMILES string of the molecule is C[C@@H](CCc1ccccc1)NC(=O)C[C@H](c1cccc(C(F)(F)F)c1)c1cn(C)c2ccccc12. The molecule has 1 aromatic heterocycles. The smallest absolute Gasteiger partial charge is 0.354 e. The van der Waals surface area contributed by atoms with Crippen molar-refractivity contribution in [2.45, 2.75) is 44.3 Å². The molecule has 0 spiro atoms. The van der Waals surface area contributed by atoms with E-state index < -0.39 is 17.7 Å². The fraction of sp³-hybridized carbons (Fsp3) is 0.276. The Balaban J connectivity index is 1.59. The van der Waals surface area contributed by atoms with Crippen LogP contribution in [-0.2, 0) is 24.4 Å². The molecule has 0 aliphatic carbocycles. The minimum absolute atomic E-state index is 0.0580. The molecule has 0 unspecified atom stereocenters. The van der Waals surface area contributed by atoms with Crippen LogP contribution in [0, 0.1) is 0 Å². The van der Waals surface area contributed by atoms with Crippen molar-refractivity contribution in [3.63, 3.8) is 0 Å². The Kier molecular flexibility index (Phi) is 7.29. The van der Waals surface area contributed by atoms with Crippen molar-refractivity contribution >= 4 is 16.8 Å². The summed E-state index contributed by atoms with van der Waals surface area (Å²) in [7, 11) is 1.90. The summed E-state index contributed by atoms with van der Waals surface area (Å²) in [5, 5.41) is 3.98. The van der Waals surface area contributed by atoms with Crippen LogP contribution < -0.4 is 5.32 Å². The van der Waals surface area contributed by atoms with Gasteiger partial charge in [-0.2, -0.15) is 13.2 Å². The predicted octanol–water partition coefficient (Wildman–Crippen LogP) is 6.86. The van der Waals surface area contributed by atoms with E-state index in [9.17, 15) is 18.0 Å². The number of carbonyl (C=O) groups excluding carboxylic acids is 1. The molecule has 0 radical (unpaired) electrons. The molecule has 2 atom stereocenters. The van der Waals surface area contributed by atoms with Gasteiger partial charge in [-0.15, -0.1) is 0 Å². The molecule has 6 heteroatoms. The summed E-state index contributed by atoms with van der Waals surface area (Å²) in [5.41, 5.74) is 2.77. The van der Waals surface area contributed by atoms with E-state index in [0.29, 0.717) is 5.56 Å². The monoisotopic (exact) mass is 478 g/mol. The largest absolute Gasteiger partial charge is 0.416 e. The number of aryl methyl sites for hydroxylation is 2. The molecule has 4 aromatic rings. The van der Waals surface area contributed by atoms with Gasteiger partial charge in [0.25, 0.3) is 0 Å². The Morgan fingerprint density at radius 1 is 0.971 bits per heavy atom. The molecule has 1 heterocycles. The number of alkyl halides is 3. The number of halogens is 3. The lowest BCUT2D eigenvalue weighted by atomic mass is 9.87. The Bertz CT molecular complexity index is 1290. The summed E-state index contributed by atoms with van der Waals surface area (Å²) in [5.74, 6) is -0.689. The number of fused-ring (bicyclic) bond motifs is 1. The van der Waals surface area contributed by atoms with E-state index in [1.165, 1.54) is 17.7 Å². The van der Waals surface area contributed by atoms with Crippen molar-refractivity contribution in [3.05, 3.63) is 107 Å². The van der Waals surface area contributed by atoms with Crippen molar-refractivity contribution in [2.75, 3.05) is 0 Å². The summed E-state index contributed by atoms with van der Waals surface area (Å²) in [6, 6.07) is 23.1. The van der Waals surface area contributed by atoms with Gasteiger partial charge in [0, 0.05) is 42.5 Å². The van der Waals surface area contributed by atoms with E-state index >= 15 is 0 Å². The Morgan fingerprint density at radius 3 is 2.43 bits per heavy atom. The Hall–Kier alpha value is -3.54. The molecule has 0 saturated heterocycles. The third-order valence-corrected chi connectivity index (χ3v) is 6.43. The average Bonchev–Trinajstić information content (AvgIpc) is 3.18. The molecule has 4 rings (SSSR count). The standard InChI is InChI=1S/C29H29F3N2O/c1-20(15-16-21-9-4-3-5-10-21)33-28(35)18-25(22-11-8-12-23(17-22)29(30,31)32)26-19-34(2)27-14-7-6-13-24(26)27/h3-14,17,19-20,25H,15-16,18H2,1-2H3,(H,33,35)/t20-,25+/m0/s1. The Labute approximate surface area is 203 Å². The minimum Gasteiger partial charge on any atom is -0.354 e. The van der Waals surface area contributed by atoms with Crippen LogP contribution in [0.3, 0.4) is 0 Å². The van der Waals surface area contributed by atoms with Crippen LogP contribution in [0.25, 0.3) is 10.9 Å². The second kappa shape index (κ2) is 10.4. The van der Waals surface area contributed by atoms with Gasteiger partial charge >= 0.3 is 6.18 Å². The number of para-hydroxylation sites is 1. The first-order valence-corrected chi connectivity index (χ1v) is 11.8. The number of amides is 1. The van der Waals surface area contributed by atoms with Gasteiger partial charge in [-0.3, -0.25) is 4.79 Å². The van der Waals surface area contributed by atoms with Crippen LogP contribution >= 0.6 is 0 Å². The third-order valence-electron chi connectivity index (χ3n) is 6.43. The highest BCUT2D eigenvalue weighted by molar-refractivity contribution is 5.86. The fourth-order valence-corrected chi connectivity index (χ4v) is 4.61. The van der Waals surface area contributed by atoms with Crippen LogP contribution in [0.4, 0.5) is 13.2 Å². The van der Waals surface area contributed by atoms with Gasteiger partial charge < -0.3 is 9.88 Å². The summed E-state index contributed by atoms with van der Waals surface area (Å²) in [4.78, 5) is 13.1. The molecule has 0 fully saturated rings. The maximum atomic E-state index is 13.5. The van der Waals surface area contributed by atoms with E-state index in [4.69, 9.17) is 0 Å². The van der Waals surface area contributed by atoms with Crippen LogP contribution in [-0.4, -0.2) is 16.5 Å². The molecular formula is C29H29F3N2O. The first-order valence-electron chi connectivity index (χ1n) is 11.8. The highest BCUT2D eigenvalue weighted by atomic mass is 19.4. The summed E-state index contributed by atoms with van der Waals surface area (Å²) in [6.45, 7) is 1.96. The van der Waals surface area contributed by atoms with E-state index in [1.807, 2.05) is 67.2 Å². The van der Waals surface area contributed by atoms with Crippen molar-refractivity contribution in [2.24, 2.45) is 7.05 Å². The van der Waals surface area contributed by atoms with Gasteiger partial charge in [-0.1, -0.05) is 66.7 Å². The van der Waals surface area contributed by atoms with E-state index in [0.717, 1.165) is 35.4 Å². The molecule has 0 aliphatic rings. The van der Waals surface area contributed by atoms with Gasteiger partial charge in [-0.25, -0.2) is 0 Å². The fourth-order valence-electron chi connectivity index (χ4n) is 4.61. The zero-order chi connectivity index (χ0) is 25.0. The zero-order valence-electron chi connectivity index (χ0n) is 19.8. The topological polar surface area (TPSA) is 34.0 Å². The van der Waals surface area contributed by atoms with Crippen LogP contribution in [0.5, 0.6) is 0 Å². The minimum atomic E-state index is -4.45. The quantitative estimate of drug-likeness (QED) is 0.295. The lowest BCUT2D eigenvalue weighted by molar-refractivity contribution is -0.137. The molecule has 35 heavy (non-hydrogen) atoms. The van der Waals surface area contributed by atoms with Crippen LogP contribution in [0.2, 0.25) is 0 Å². The van der Waals surface area contributed by atoms with Crippen molar-refractivity contribution in [3.8, 4) is 0 Å². The molecule has 182 valence electrons. The van der Waals surface area contributed by atoms with Crippen molar-refractivity contribution in [1.82, 2.24) is 9.88 Å². The summed E-state index contributed by atoms with van der Waals surface area (Å²) >= 11 is 0. The van der Waals surface area contributed by atoms with Crippen molar-refractivity contribution < 1.29 is 18.0 Å². The maximum absolute atomic E-state index is 13.5. The van der Waals surface area contributed by atoms with Gasteiger partial charge in [-0.05, 0) is 48.6 Å². The normalized spacial score (nSPS) is 13.5. The lowest BCUT2D eigenvalue weighted by Crippen LogP contribution is -2.34. The van der Waals surface area contributed by atoms with Crippen molar-refractivity contribution in [1.29, 1.82) is 0 Å². The molecule has 3 aromatic carbocycles. The number of carbonyl (C=O) groups is 1. The number of rotatable bonds is 8. The molecule has 0 saturated carbocycles. The molecule has 3 nitrogen and oxygen atoms in total. The first kappa shape index (κ1) is 24.6. The van der Waals surface area contributed by atoms with Gasteiger partial charge in [0.2, 0.25) is 5.91 Å². The highest BCUT2D eigenvalue weighted by Crippen LogP contribution is 2.37. The second-order valence-electron chi connectivity index (χ2n) is 9.09. The van der Waals surface area contributed by atoms with Crippen LogP contribution in [0.1, 0.15) is 47.9 Å². The summed E-state index contributed by atoms with van der Waals surface area (Å²) in [6.07, 6.45) is -0.860. The molecule has 0 bridgehead atoms. The van der Waals surface area contributed by atoms with E-state index in [2.05, 4.69) is 17.4 Å². The van der Waals surface area contributed by atoms with E-state index in [1.54, 1.807) is 6.07 Å². The molecular weight excluding hydrogens is 449 g/mol. The lowest BCUT2D eigenvalue weighted by Gasteiger charge is -2.20. The Morgan fingerprint density at radius 2 is 1.69 bits per heavy atom. The van der Waals surface area contributed by atoms with E-state index in [-0.39, 0.29) is 18.4 Å². The third kappa shape index (κ3) is 5.94. The number of nitrogens with one attached hydrogen (secondary N) is 1. The number of nitrogens with zero attached hydrogens (tertiary/aromatic N) is 1. The van der Waals surface area contributed by atoms with Gasteiger partial charge in [0.15, 0.2) is 0 Å². The van der Waals surface area contributed by atoms with Gasteiger partial charge in [0.05, 0.1) is 5.56 Å². The number of hydrogen-bond donors (Lipinski definition) is 1. The number of benzene rings is 3. The zero-order valence-corrected chi connectivity index (χ0v) is 19.8. The van der Waals surface area contributed by atoms with Crippen LogP contribution in [0.15, 0.2) is 85.1 Å². The van der Waals surface area contributed by atoms with Gasteiger partial charge in [0.1, 0.15) is 0 Å². The first-order chi connectivity index (χ1) is 16.7. The second-order valence-corrected chi connectivity index (χ2v) is 9.09. The predicted molar refractivity (Wildman–Crippen MR) is 133 cm³/mol. The highest BCUT2D eigenvalue weighted by Gasteiger charge is 2.32. The molecule has 1 N–H and O–H groups in total.